The summed E-state index contributed by atoms with van der Waals surface area (Å²) in [6, 6.07) is 13.1. The van der Waals surface area contributed by atoms with Crippen molar-refractivity contribution < 1.29 is 9.53 Å². The van der Waals surface area contributed by atoms with Crippen LogP contribution in [-0.2, 0) is 13.1 Å². The second kappa shape index (κ2) is 4.86. The monoisotopic (exact) mass is 253 g/mol. The van der Waals surface area contributed by atoms with E-state index in [-0.39, 0.29) is 5.78 Å². The average molecular weight is 253 g/mol. The molecule has 0 saturated heterocycles. The summed E-state index contributed by atoms with van der Waals surface area (Å²) in [5.41, 5.74) is 3.94. The molecule has 0 radical (unpaired) electrons. The highest BCUT2D eigenvalue weighted by molar-refractivity contribution is 6.09. The molecule has 1 N–H and O–H groups in total. The quantitative estimate of drug-likeness (QED) is 0.854. The number of nitrogens with one attached hydrogen (secondary N) is 1. The van der Waals surface area contributed by atoms with Gasteiger partial charge in [0, 0.05) is 24.2 Å². The van der Waals surface area contributed by atoms with Crippen LogP contribution in [0.2, 0.25) is 0 Å². The van der Waals surface area contributed by atoms with E-state index in [0.29, 0.717) is 5.56 Å². The van der Waals surface area contributed by atoms with E-state index in [0.717, 1.165) is 24.4 Å². The number of hydrogen-bond donors (Lipinski definition) is 1. The molecule has 1 aliphatic heterocycles. The van der Waals surface area contributed by atoms with Gasteiger partial charge in [-0.05, 0) is 41.5 Å². The molecule has 0 atom stereocenters. The minimum absolute atomic E-state index is 0.0531. The van der Waals surface area contributed by atoms with Crippen LogP contribution in [0, 0.1) is 0 Å². The smallest absolute Gasteiger partial charge is 0.193 e. The first-order valence-corrected chi connectivity index (χ1v) is 6.29. The van der Waals surface area contributed by atoms with Gasteiger partial charge in [0.05, 0.1) is 7.11 Å². The summed E-state index contributed by atoms with van der Waals surface area (Å²) in [6.45, 7) is 1.74. The van der Waals surface area contributed by atoms with Gasteiger partial charge in [-0.2, -0.15) is 0 Å². The summed E-state index contributed by atoms with van der Waals surface area (Å²) >= 11 is 0. The van der Waals surface area contributed by atoms with Gasteiger partial charge >= 0.3 is 0 Å². The third kappa shape index (κ3) is 2.25. The van der Waals surface area contributed by atoms with Crippen LogP contribution in [-0.4, -0.2) is 12.9 Å². The van der Waals surface area contributed by atoms with Gasteiger partial charge in [-0.1, -0.05) is 12.1 Å². The van der Waals surface area contributed by atoms with Crippen molar-refractivity contribution in [3.63, 3.8) is 0 Å². The van der Waals surface area contributed by atoms with E-state index in [1.807, 2.05) is 30.3 Å². The Kier molecular flexibility index (Phi) is 3.05. The Labute approximate surface area is 112 Å². The molecule has 2 aromatic rings. The molecule has 19 heavy (non-hydrogen) atoms. The predicted octanol–water partition coefficient (Wildman–Crippen LogP) is 2.53. The molecule has 96 valence electrons. The topological polar surface area (TPSA) is 38.3 Å². The molecule has 3 nitrogen and oxygen atoms in total. The highest BCUT2D eigenvalue weighted by atomic mass is 16.5. The van der Waals surface area contributed by atoms with E-state index >= 15 is 0 Å². The first-order valence-electron chi connectivity index (χ1n) is 6.29. The summed E-state index contributed by atoms with van der Waals surface area (Å²) in [7, 11) is 1.62. The molecule has 0 bridgehead atoms. The highest BCUT2D eigenvalue weighted by Crippen LogP contribution is 2.20. The van der Waals surface area contributed by atoms with E-state index in [1.54, 1.807) is 19.2 Å². The molecule has 0 saturated carbocycles. The summed E-state index contributed by atoms with van der Waals surface area (Å²) < 4.78 is 5.10. The van der Waals surface area contributed by atoms with Crippen LogP contribution in [0.1, 0.15) is 27.0 Å². The number of carbonyl (C=O) groups is 1. The van der Waals surface area contributed by atoms with Crippen molar-refractivity contribution in [1.82, 2.24) is 5.32 Å². The zero-order chi connectivity index (χ0) is 13.2. The predicted molar refractivity (Wildman–Crippen MR) is 73.4 cm³/mol. The van der Waals surface area contributed by atoms with Gasteiger partial charge in [0.15, 0.2) is 5.78 Å². The molecule has 1 heterocycles. The van der Waals surface area contributed by atoms with Crippen molar-refractivity contribution in [2.75, 3.05) is 7.11 Å². The Morgan fingerprint density at radius 1 is 1.00 bits per heavy atom. The van der Waals surface area contributed by atoms with Crippen molar-refractivity contribution in [3.05, 3.63) is 64.7 Å². The van der Waals surface area contributed by atoms with E-state index in [1.165, 1.54) is 11.1 Å². The number of carbonyl (C=O) groups excluding carboxylic acids is 1. The van der Waals surface area contributed by atoms with Crippen LogP contribution >= 0.6 is 0 Å². The number of benzene rings is 2. The van der Waals surface area contributed by atoms with Gasteiger partial charge < -0.3 is 10.1 Å². The van der Waals surface area contributed by atoms with Crippen LogP contribution in [0.4, 0.5) is 0 Å². The molecule has 2 aromatic carbocycles. The Hall–Kier alpha value is -2.13. The van der Waals surface area contributed by atoms with Gasteiger partial charge in [0.1, 0.15) is 5.75 Å². The summed E-state index contributed by atoms with van der Waals surface area (Å²) in [5.74, 6) is 0.812. The summed E-state index contributed by atoms with van der Waals surface area (Å²) in [4.78, 5) is 12.4. The van der Waals surface area contributed by atoms with E-state index in [9.17, 15) is 4.79 Å². The maximum absolute atomic E-state index is 12.4. The lowest BCUT2D eigenvalue weighted by Gasteiger charge is -2.05. The molecule has 3 heteroatoms. The fraction of sp³-hybridized carbons (Fsp3) is 0.188. The second-order valence-electron chi connectivity index (χ2n) is 4.64. The first kappa shape index (κ1) is 11.9. The minimum Gasteiger partial charge on any atom is -0.497 e. The summed E-state index contributed by atoms with van der Waals surface area (Å²) in [5, 5.41) is 3.28. The SMILES string of the molecule is COc1ccc(C(=O)c2ccc3c(c2)CNC3)cc1. The fourth-order valence-corrected chi connectivity index (χ4v) is 2.35. The van der Waals surface area contributed by atoms with Gasteiger partial charge in [0.25, 0.3) is 0 Å². The van der Waals surface area contributed by atoms with Crippen molar-refractivity contribution in [2.24, 2.45) is 0 Å². The molecular weight excluding hydrogens is 238 g/mol. The van der Waals surface area contributed by atoms with Crippen LogP contribution in [0.15, 0.2) is 42.5 Å². The van der Waals surface area contributed by atoms with Crippen molar-refractivity contribution >= 4 is 5.78 Å². The Morgan fingerprint density at radius 2 is 1.68 bits per heavy atom. The van der Waals surface area contributed by atoms with E-state index in [2.05, 4.69) is 5.32 Å². The van der Waals surface area contributed by atoms with Crippen LogP contribution in [0.25, 0.3) is 0 Å². The zero-order valence-electron chi connectivity index (χ0n) is 10.8. The van der Waals surface area contributed by atoms with Gasteiger partial charge in [-0.15, -0.1) is 0 Å². The lowest BCUT2D eigenvalue weighted by Crippen LogP contribution is -2.02. The van der Waals surface area contributed by atoms with Crippen LogP contribution in [0.5, 0.6) is 5.75 Å². The average Bonchev–Trinajstić information content (AvgIpc) is 2.94. The van der Waals surface area contributed by atoms with E-state index in [4.69, 9.17) is 4.74 Å². The minimum atomic E-state index is 0.0531. The molecular formula is C16H15NO2. The molecule has 0 aliphatic carbocycles. The molecule has 0 spiro atoms. The maximum atomic E-state index is 12.4. The largest absolute Gasteiger partial charge is 0.497 e. The lowest BCUT2D eigenvalue weighted by atomic mass is 9.99. The fourth-order valence-electron chi connectivity index (χ4n) is 2.35. The highest BCUT2D eigenvalue weighted by Gasteiger charge is 2.14. The van der Waals surface area contributed by atoms with Crippen molar-refractivity contribution in [1.29, 1.82) is 0 Å². The molecule has 0 fully saturated rings. The number of ether oxygens (including phenoxy) is 1. The Balaban J connectivity index is 1.90. The number of fused-ring (bicyclic) bond motifs is 1. The Morgan fingerprint density at radius 3 is 2.42 bits per heavy atom. The van der Waals surface area contributed by atoms with Gasteiger partial charge in [-0.3, -0.25) is 4.79 Å². The molecule has 3 rings (SSSR count). The third-order valence-electron chi connectivity index (χ3n) is 3.45. The van der Waals surface area contributed by atoms with Gasteiger partial charge in [-0.25, -0.2) is 0 Å². The summed E-state index contributed by atoms with van der Waals surface area (Å²) in [6.07, 6.45) is 0. The molecule has 0 unspecified atom stereocenters. The first-order chi connectivity index (χ1) is 9.28. The Bertz CT molecular complexity index is 617. The molecule has 0 aromatic heterocycles. The second-order valence-corrected chi connectivity index (χ2v) is 4.64. The molecule has 1 aliphatic rings. The van der Waals surface area contributed by atoms with Crippen molar-refractivity contribution in [3.8, 4) is 5.75 Å². The number of rotatable bonds is 3. The lowest BCUT2D eigenvalue weighted by molar-refractivity contribution is 0.103. The van der Waals surface area contributed by atoms with Crippen LogP contribution in [0.3, 0.4) is 0 Å². The standard InChI is InChI=1S/C16H15NO2/c1-19-15-6-4-11(5-7-15)16(18)12-2-3-13-9-17-10-14(13)8-12/h2-8,17H,9-10H2,1H3. The number of hydrogen-bond acceptors (Lipinski definition) is 3. The van der Waals surface area contributed by atoms with E-state index < -0.39 is 0 Å². The van der Waals surface area contributed by atoms with Crippen molar-refractivity contribution in [2.45, 2.75) is 13.1 Å². The molecule has 0 amide bonds. The number of methoxy groups -OCH3 is 1. The van der Waals surface area contributed by atoms with Gasteiger partial charge in [0.2, 0.25) is 0 Å². The zero-order valence-corrected chi connectivity index (χ0v) is 10.8. The number of ketones is 1. The normalized spacial score (nSPS) is 13.1. The third-order valence-corrected chi connectivity index (χ3v) is 3.45. The van der Waals surface area contributed by atoms with Crippen LogP contribution < -0.4 is 10.1 Å². The maximum Gasteiger partial charge on any atom is 0.193 e.